The first-order chi connectivity index (χ1) is 8.92. The van der Waals surface area contributed by atoms with Crippen molar-refractivity contribution in [2.75, 3.05) is 25.6 Å². The van der Waals surface area contributed by atoms with Crippen LogP contribution in [0.25, 0.3) is 0 Å². The summed E-state index contributed by atoms with van der Waals surface area (Å²) in [5.74, 6) is -0.131. The van der Waals surface area contributed by atoms with Gasteiger partial charge in [0.05, 0.1) is 12.0 Å². The van der Waals surface area contributed by atoms with Crippen LogP contribution in [0.1, 0.15) is 19.0 Å². The van der Waals surface area contributed by atoms with Crippen LogP contribution in [-0.4, -0.2) is 41.4 Å². The molecule has 0 aliphatic rings. The number of hydrogen-bond acceptors (Lipinski definition) is 6. The lowest BCUT2D eigenvalue weighted by Gasteiger charge is -2.17. The van der Waals surface area contributed by atoms with Crippen molar-refractivity contribution >= 4 is 17.5 Å². The van der Waals surface area contributed by atoms with Gasteiger partial charge in [-0.1, -0.05) is 6.92 Å². The molecule has 0 N–H and O–H groups in total. The topological polar surface area (TPSA) is 90.5 Å². The van der Waals surface area contributed by atoms with E-state index in [2.05, 4.69) is 9.84 Å². The summed E-state index contributed by atoms with van der Waals surface area (Å²) in [5.41, 5.74) is 0.269. The Hall–Kier alpha value is -2.12. The van der Waals surface area contributed by atoms with Crippen LogP contribution in [0.5, 0.6) is 0 Å². The number of aromatic nitrogens is 2. The minimum atomic E-state index is -0.475. The first-order valence-electron chi connectivity index (χ1n) is 5.92. The number of esters is 1. The van der Waals surface area contributed by atoms with Gasteiger partial charge < -0.3 is 9.64 Å². The van der Waals surface area contributed by atoms with Crippen molar-refractivity contribution in [3.63, 3.8) is 0 Å². The summed E-state index contributed by atoms with van der Waals surface area (Å²) in [5, 5.41) is 15.3. The Morgan fingerprint density at radius 3 is 2.68 bits per heavy atom. The lowest BCUT2D eigenvalue weighted by molar-refractivity contribution is -0.384. The lowest BCUT2D eigenvalue weighted by Crippen LogP contribution is -2.29. The molecule has 1 aromatic rings. The molecule has 0 saturated heterocycles. The highest BCUT2D eigenvalue weighted by molar-refractivity contribution is 5.76. The number of hydrogen-bond donors (Lipinski definition) is 0. The number of nitro groups is 1. The van der Waals surface area contributed by atoms with Gasteiger partial charge in [-0.15, -0.1) is 0 Å². The minimum absolute atomic E-state index is 0.0633. The third-order valence-corrected chi connectivity index (χ3v) is 2.64. The van der Waals surface area contributed by atoms with E-state index in [4.69, 9.17) is 0 Å². The van der Waals surface area contributed by atoms with Crippen LogP contribution < -0.4 is 4.90 Å². The van der Waals surface area contributed by atoms with Gasteiger partial charge >= 0.3 is 11.7 Å². The predicted octanol–water partition coefficient (Wildman–Crippen LogP) is 1.12. The van der Waals surface area contributed by atoms with Gasteiger partial charge in [0.25, 0.3) is 0 Å². The number of anilines is 1. The Labute approximate surface area is 111 Å². The molecule has 8 heteroatoms. The van der Waals surface area contributed by atoms with Gasteiger partial charge in [0.2, 0.25) is 5.82 Å². The lowest BCUT2D eigenvalue weighted by atomic mass is 10.3. The average Bonchev–Trinajstić information content (AvgIpc) is 2.66. The maximum absolute atomic E-state index is 11.3. The monoisotopic (exact) mass is 270 g/mol. The number of methoxy groups -OCH3 is 1. The number of likely N-dealkylation sites (N-methyl/N-ethyl adjacent to an activating group) is 1. The molecule has 0 spiro atoms. The van der Waals surface area contributed by atoms with Crippen LogP contribution in [-0.2, 0) is 16.1 Å². The van der Waals surface area contributed by atoms with Crippen molar-refractivity contribution in [3.05, 3.63) is 15.8 Å². The molecule has 106 valence electrons. The molecule has 8 nitrogen and oxygen atoms in total. The van der Waals surface area contributed by atoms with Gasteiger partial charge in [-0.25, -0.2) is 4.68 Å². The van der Waals surface area contributed by atoms with E-state index in [-0.39, 0.29) is 12.2 Å². The number of carbonyl (C=O) groups excluding carboxylic acids is 1. The van der Waals surface area contributed by atoms with Crippen LogP contribution in [0.3, 0.4) is 0 Å². The highest BCUT2D eigenvalue weighted by Crippen LogP contribution is 2.30. The molecule has 0 aliphatic heterocycles. The zero-order chi connectivity index (χ0) is 14.6. The number of nitrogens with zero attached hydrogens (tertiary/aromatic N) is 4. The summed E-state index contributed by atoms with van der Waals surface area (Å²) in [7, 11) is 2.88. The second-order valence-electron chi connectivity index (χ2n) is 4.17. The largest absolute Gasteiger partial charge is 0.468 e. The Kier molecular flexibility index (Phi) is 4.85. The third kappa shape index (κ3) is 3.21. The van der Waals surface area contributed by atoms with Crippen molar-refractivity contribution in [1.82, 2.24) is 9.78 Å². The van der Waals surface area contributed by atoms with Crippen LogP contribution in [0.15, 0.2) is 0 Å². The zero-order valence-electron chi connectivity index (χ0n) is 11.5. The number of ether oxygens (including phenoxy) is 1. The summed E-state index contributed by atoms with van der Waals surface area (Å²) in [6.07, 6.45) is 0.789. The van der Waals surface area contributed by atoms with Crippen molar-refractivity contribution in [1.29, 1.82) is 0 Å². The maximum atomic E-state index is 11.3. The molecule has 0 amide bonds. The summed E-state index contributed by atoms with van der Waals surface area (Å²) >= 11 is 0. The Morgan fingerprint density at radius 2 is 2.21 bits per heavy atom. The minimum Gasteiger partial charge on any atom is -0.468 e. The third-order valence-electron chi connectivity index (χ3n) is 2.64. The number of carbonyl (C=O) groups is 1. The molecule has 0 unspecified atom stereocenters. The molecular formula is C11H18N4O4. The Morgan fingerprint density at radius 1 is 1.58 bits per heavy atom. The normalized spacial score (nSPS) is 10.3. The predicted molar refractivity (Wildman–Crippen MR) is 69.2 cm³/mol. The van der Waals surface area contributed by atoms with Crippen molar-refractivity contribution in [3.8, 4) is 0 Å². The van der Waals surface area contributed by atoms with Crippen LogP contribution >= 0.6 is 0 Å². The van der Waals surface area contributed by atoms with Gasteiger partial charge in [-0.05, 0) is 13.3 Å². The van der Waals surface area contributed by atoms with Crippen molar-refractivity contribution < 1.29 is 14.5 Å². The van der Waals surface area contributed by atoms with E-state index >= 15 is 0 Å². The molecule has 0 aliphatic carbocycles. The van der Waals surface area contributed by atoms with E-state index in [1.165, 1.54) is 12.0 Å². The van der Waals surface area contributed by atoms with E-state index in [0.717, 1.165) is 6.42 Å². The second kappa shape index (κ2) is 6.17. The standard InChI is InChI=1S/C11H18N4O4/c1-5-6-14-11(13(3)7-9(16)19-4)10(15(17)18)8(2)12-14/h5-7H2,1-4H3. The number of rotatable bonds is 6. The Bertz CT molecular complexity index is 483. The summed E-state index contributed by atoms with van der Waals surface area (Å²) in [6.45, 7) is 4.02. The van der Waals surface area contributed by atoms with Gasteiger partial charge in [-0.3, -0.25) is 14.9 Å². The quantitative estimate of drug-likeness (QED) is 0.437. The molecule has 0 atom stereocenters. The van der Waals surface area contributed by atoms with Gasteiger partial charge in [0.1, 0.15) is 12.2 Å². The molecule has 0 bridgehead atoms. The van der Waals surface area contributed by atoms with E-state index in [1.54, 1.807) is 18.7 Å². The highest BCUT2D eigenvalue weighted by atomic mass is 16.6. The fraction of sp³-hybridized carbons (Fsp3) is 0.636. The fourth-order valence-electron chi connectivity index (χ4n) is 1.85. The highest BCUT2D eigenvalue weighted by Gasteiger charge is 2.28. The summed E-state index contributed by atoms with van der Waals surface area (Å²) < 4.78 is 6.12. The number of aryl methyl sites for hydroxylation is 2. The fourth-order valence-corrected chi connectivity index (χ4v) is 1.85. The van der Waals surface area contributed by atoms with Gasteiger partial charge in [-0.2, -0.15) is 5.10 Å². The van der Waals surface area contributed by atoms with Crippen molar-refractivity contribution in [2.24, 2.45) is 0 Å². The molecule has 0 radical (unpaired) electrons. The van der Waals surface area contributed by atoms with Crippen molar-refractivity contribution in [2.45, 2.75) is 26.8 Å². The Balaban J connectivity index is 3.20. The van der Waals surface area contributed by atoms with Crippen LogP contribution in [0.4, 0.5) is 11.5 Å². The first kappa shape index (κ1) is 14.9. The molecular weight excluding hydrogens is 252 g/mol. The zero-order valence-corrected chi connectivity index (χ0v) is 11.5. The van der Waals surface area contributed by atoms with Gasteiger partial charge in [0, 0.05) is 13.6 Å². The molecule has 19 heavy (non-hydrogen) atoms. The van der Waals surface area contributed by atoms with E-state index < -0.39 is 10.9 Å². The molecule has 1 heterocycles. The van der Waals surface area contributed by atoms with Gasteiger partial charge in [0.15, 0.2) is 0 Å². The molecule has 0 fully saturated rings. The van der Waals surface area contributed by atoms with Crippen LogP contribution in [0.2, 0.25) is 0 Å². The summed E-state index contributed by atoms with van der Waals surface area (Å²) in [6, 6.07) is 0. The second-order valence-corrected chi connectivity index (χ2v) is 4.17. The molecule has 1 rings (SSSR count). The molecule has 0 saturated carbocycles. The smallest absolute Gasteiger partial charge is 0.333 e. The van der Waals surface area contributed by atoms with E-state index in [0.29, 0.717) is 18.1 Å². The molecule has 0 aromatic carbocycles. The maximum Gasteiger partial charge on any atom is 0.333 e. The SMILES string of the molecule is CCCn1nc(C)c([N+](=O)[O-])c1N(C)CC(=O)OC. The summed E-state index contributed by atoms with van der Waals surface area (Å²) in [4.78, 5) is 23.4. The average molecular weight is 270 g/mol. The van der Waals surface area contributed by atoms with E-state index in [1.807, 2.05) is 6.92 Å². The van der Waals surface area contributed by atoms with Crippen LogP contribution in [0, 0.1) is 17.0 Å². The first-order valence-corrected chi connectivity index (χ1v) is 5.92. The van der Waals surface area contributed by atoms with E-state index in [9.17, 15) is 14.9 Å². The molecule has 1 aromatic heterocycles.